The molecular formula is C22H20N2O4. The van der Waals surface area contributed by atoms with Crippen LogP contribution in [0.3, 0.4) is 0 Å². The smallest absolute Gasteiger partial charge is 0.347 e. The summed E-state index contributed by atoms with van der Waals surface area (Å²) in [6.45, 7) is 0.605. The fourth-order valence-electron chi connectivity index (χ4n) is 3.32. The number of fused-ring (bicyclic) bond motifs is 3. The molecule has 0 bridgehead atoms. The number of pyridine rings is 1. The summed E-state index contributed by atoms with van der Waals surface area (Å²) < 4.78 is 16.1. The van der Waals surface area contributed by atoms with E-state index in [2.05, 4.69) is 10.3 Å². The number of methoxy groups -OCH3 is 2. The molecule has 0 spiro atoms. The van der Waals surface area contributed by atoms with Gasteiger partial charge in [-0.2, -0.15) is 0 Å². The SMILES string of the molecule is COc1ccc(CCNc2nccc3c2c(=O)oc2ccccc23)cc1OC. The maximum atomic E-state index is 12.5. The first kappa shape index (κ1) is 17.9. The van der Waals surface area contributed by atoms with Gasteiger partial charge in [-0.3, -0.25) is 0 Å². The summed E-state index contributed by atoms with van der Waals surface area (Å²) in [7, 11) is 3.23. The van der Waals surface area contributed by atoms with Gasteiger partial charge in [-0.1, -0.05) is 24.3 Å². The molecule has 0 aliphatic rings. The van der Waals surface area contributed by atoms with Crippen molar-refractivity contribution >= 4 is 27.6 Å². The molecule has 0 fully saturated rings. The van der Waals surface area contributed by atoms with E-state index in [4.69, 9.17) is 13.9 Å². The lowest BCUT2D eigenvalue weighted by molar-refractivity contribution is 0.354. The minimum absolute atomic E-state index is 0.393. The predicted octanol–water partition coefficient (Wildman–Crippen LogP) is 4.01. The molecule has 2 heterocycles. The number of anilines is 1. The van der Waals surface area contributed by atoms with Gasteiger partial charge in [0.05, 0.1) is 14.2 Å². The van der Waals surface area contributed by atoms with E-state index in [-0.39, 0.29) is 0 Å². The number of hydrogen-bond acceptors (Lipinski definition) is 6. The van der Waals surface area contributed by atoms with Crippen LogP contribution < -0.4 is 20.4 Å². The van der Waals surface area contributed by atoms with E-state index in [9.17, 15) is 4.79 Å². The van der Waals surface area contributed by atoms with Gasteiger partial charge in [0.25, 0.3) is 0 Å². The van der Waals surface area contributed by atoms with Crippen molar-refractivity contribution in [1.29, 1.82) is 0 Å². The fraction of sp³-hybridized carbons (Fsp3) is 0.182. The lowest BCUT2D eigenvalue weighted by Gasteiger charge is -2.11. The van der Waals surface area contributed by atoms with Gasteiger partial charge >= 0.3 is 5.63 Å². The van der Waals surface area contributed by atoms with Gasteiger partial charge in [0.1, 0.15) is 16.8 Å². The third kappa shape index (κ3) is 3.24. The highest BCUT2D eigenvalue weighted by Gasteiger charge is 2.12. The lowest BCUT2D eigenvalue weighted by atomic mass is 10.1. The Labute approximate surface area is 161 Å². The Morgan fingerprint density at radius 2 is 1.82 bits per heavy atom. The summed E-state index contributed by atoms with van der Waals surface area (Å²) >= 11 is 0. The first-order valence-electron chi connectivity index (χ1n) is 8.96. The van der Waals surface area contributed by atoms with Crippen LogP contribution in [0.15, 0.2) is 63.9 Å². The molecule has 1 N–H and O–H groups in total. The van der Waals surface area contributed by atoms with Crippen LogP contribution in [-0.4, -0.2) is 25.7 Å². The molecule has 0 saturated heterocycles. The second-order valence-electron chi connectivity index (χ2n) is 6.33. The molecule has 4 aromatic rings. The zero-order valence-electron chi connectivity index (χ0n) is 15.7. The standard InChI is InChI=1S/C22H20N2O4/c1-26-18-8-7-14(13-19(18)27-2)9-11-23-21-20-16(10-12-24-21)15-5-3-4-6-17(15)28-22(20)25/h3-8,10,12-13H,9,11H2,1-2H3,(H,23,24). The van der Waals surface area contributed by atoms with E-state index in [1.807, 2.05) is 42.5 Å². The minimum atomic E-state index is -0.393. The van der Waals surface area contributed by atoms with Crippen molar-refractivity contribution in [3.05, 3.63) is 70.7 Å². The van der Waals surface area contributed by atoms with Gasteiger partial charge in [-0.25, -0.2) is 9.78 Å². The maximum Gasteiger partial charge on any atom is 0.347 e. The number of aromatic nitrogens is 1. The molecule has 0 aliphatic carbocycles. The van der Waals surface area contributed by atoms with Crippen LogP contribution in [0.1, 0.15) is 5.56 Å². The van der Waals surface area contributed by atoms with Gasteiger partial charge in [0.15, 0.2) is 11.5 Å². The Kier molecular flexibility index (Phi) is 4.85. The second kappa shape index (κ2) is 7.60. The summed E-state index contributed by atoms with van der Waals surface area (Å²) in [6, 6.07) is 15.2. The highest BCUT2D eigenvalue weighted by atomic mass is 16.5. The van der Waals surface area contributed by atoms with Crippen molar-refractivity contribution in [2.45, 2.75) is 6.42 Å². The zero-order chi connectivity index (χ0) is 19.5. The fourth-order valence-corrected chi connectivity index (χ4v) is 3.32. The molecule has 0 aliphatic heterocycles. The molecule has 2 aromatic carbocycles. The van der Waals surface area contributed by atoms with Crippen molar-refractivity contribution in [2.75, 3.05) is 26.1 Å². The summed E-state index contributed by atoms with van der Waals surface area (Å²) in [4.78, 5) is 16.9. The molecular weight excluding hydrogens is 356 g/mol. The monoisotopic (exact) mass is 376 g/mol. The van der Waals surface area contributed by atoms with E-state index >= 15 is 0 Å². The molecule has 4 rings (SSSR count). The van der Waals surface area contributed by atoms with Gasteiger partial charge in [-0.05, 0) is 36.2 Å². The van der Waals surface area contributed by atoms with Crippen LogP contribution in [-0.2, 0) is 6.42 Å². The van der Waals surface area contributed by atoms with Crippen molar-refractivity contribution < 1.29 is 13.9 Å². The Morgan fingerprint density at radius 1 is 1.00 bits per heavy atom. The molecule has 2 aromatic heterocycles. The first-order valence-corrected chi connectivity index (χ1v) is 8.96. The van der Waals surface area contributed by atoms with Crippen molar-refractivity contribution in [3.8, 4) is 11.5 Å². The van der Waals surface area contributed by atoms with E-state index in [0.717, 1.165) is 22.8 Å². The number of para-hydroxylation sites is 1. The third-order valence-corrected chi connectivity index (χ3v) is 4.69. The van der Waals surface area contributed by atoms with Gasteiger partial charge in [0.2, 0.25) is 0 Å². The molecule has 0 atom stereocenters. The van der Waals surface area contributed by atoms with Crippen molar-refractivity contribution in [1.82, 2.24) is 4.98 Å². The Bertz CT molecular complexity index is 1200. The molecule has 6 nitrogen and oxygen atoms in total. The summed E-state index contributed by atoms with van der Waals surface area (Å²) in [5.74, 6) is 1.91. The van der Waals surface area contributed by atoms with Gasteiger partial charge in [0, 0.05) is 23.5 Å². The highest BCUT2D eigenvalue weighted by molar-refractivity contribution is 6.07. The quantitative estimate of drug-likeness (QED) is 0.405. The summed E-state index contributed by atoms with van der Waals surface area (Å²) in [6.07, 6.45) is 2.43. The van der Waals surface area contributed by atoms with Crippen LogP contribution in [0, 0.1) is 0 Å². The molecule has 0 saturated carbocycles. The van der Waals surface area contributed by atoms with Gasteiger partial charge in [-0.15, -0.1) is 0 Å². The third-order valence-electron chi connectivity index (χ3n) is 4.69. The Hall–Kier alpha value is -3.54. The van der Waals surface area contributed by atoms with Crippen molar-refractivity contribution in [2.24, 2.45) is 0 Å². The topological polar surface area (TPSA) is 73.6 Å². The number of nitrogens with one attached hydrogen (secondary N) is 1. The summed E-state index contributed by atoms with van der Waals surface area (Å²) in [5.41, 5.74) is 1.26. The van der Waals surface area contributed by atoms with Crippen molar-refractivity contribution in [3.63, 3.8) is 0 Å². The number of hydrogen-bond donors (Lipinski definition) is 1. The molecule has 28 heavy (non-hydrogen) atoms. The second-order valence-corrected chi connectivity index (χ2v) is 6.33. The normalized spacial score (nSPS) is 10.9. The Morgan fingerprint density at radius 3 is 2.64 bits per heavy atom. The largest absolute Gasteiger partial charge is 0.493 e. The zero-order valence-corrected chi connectivity index (χ0v) is 15.7. The minimum Gasteiger partial charge on any atom is -0.493 e. The number of rotatable bonds is 6. The lowest BCUT2D eigenvalue weighted by Crippen LogP contribution is -2.10. The van der Waals surface area contributed by atoms with Crippen LogP contribution >= 0.6 is 0 Å². The van der Waals surface area contributed by atoms with Crippen LogP contribution in [0.25, 0.3) is 21.7 Å². The average Bonchev–Trinajstić information content (AvgIpc) is 2.73. The van der Waals surface area contributed by atoms with E-state index in [1.165, 1.54) is 0 Å². The first-order chi connectivity index (χ1) is 13.7. The van der Waals surface area contributed by atoms with E-state index < -0.39 is 5.63 Å². The molecule has 6 heteroatoms. The highest BCUT2D eigenvalue weighted by Crippen LogP contribution is 2.28. The number of benzene rings is 2. The van der Waals surface area contributed by atoms with Crippen LogP contribution in [0.5, 0.6) is 11.5 Å². The number of ether oxygens (including phenoxy) is 2. The summed E-state index contributed by atoms with van der Waals surface area (Å²) in [5, 5.41) is 5.45. The average molecular weight is 376 g/mol. The Balaban J connectivity index is 1.61. The van der Waals surface area contributed by atoms with Crippen LogP contribution in [0.2, 0.25) is 0 Å². The van der Waals surface area contributed by atoms with Crippen LogP contribution in [0.4, 0.5) is 5.82 Å². The molecule has 142 valence electrons. The van der Waals surface area contributed by atoms with E-state index in [1.54, 1.807) is 26.5 Å². The van der Waals surface area contributed by atoms with E-state index in [0.29, 0.717) is 34.8 Å². The number of nitrogens with zero attached hydrogens (tertiary/aromatic N) is 1. The molecule has 0 unspecified atom stereocenters. The maximum absolute atomic E-state index is 12.5. The predicted molar refractivity (Wildman–Crippen MR) is 110 cm³/mol. The van der Waals surface area contributed by atoms with Gasteiger partial charge < -0.3 is 19.2 Å². The molecule has 0 radical (unpaired) electrons. The molecule has 0 amide bonds.